The molecular weight excluding hydrogens is 167 g/mol. The van der Waals surface area contributed by atoms with E-state index >= 15 is 0 Å². The Labute approximate surface area is 59.7 Å². The first-order chi connectivity index (χ1) is 4.58. The molecule has 1 aliphatic heterocycles. The van der Waals surface area contributed by atoms with Crippen LogP contribution >= 0.6 is 11.9 Å². The highest BCUT2D eigenvalue weighted by Crippen LogP contribution is 2.26. The van der Waals surface area contributed by atoms with Gasteiger partial charge in [-0.2, -0.15) is 4.84 Å². The van der Waals surface area contributed by atoms with Gasteiger partial charge in [-0.3, -0.25) is 0 Å². The number of rotatable bonds is 1. The molecule has 0 aromatic heterocycles. The van der Waals surface area contributed by atoms with E-state index in [1.165, 1.54) is 5.41 Å². The summed E-state index contributed by atoms with van der Waals surface area (Å²) < 4.78 is 35.0. The Bertz CT molecular complexity index is 138. The molecule has 6 heteroatoms. The summed E-state index contributed by atoms with van der Waals surface area (Å²) >= 11 is 0.880. The highest BCUT2D eigenvalue weighted by molar-refractivity contribution is 8.00. The topological polar surface area (TPSA) is 12.5 Å². The fourth-order valence-electron chi connectivity index (χ4n) is 0.457. The first-order valence-electron chi connectivity index (χ1n) is 2.43. The maximum absolute atomic E-state index is 11.4. The van der Waals surface area contributed by atoms with Gasteiger partial charge in [-0.1, -0.05) is 6.08 Å². The molecule has 0 radical (unpaired) electrons. The lowest BCUT2D eigenvalue weighted by molar-refractivity contribution is -0.385. The van der Waals surface area contributed by atoms with Gasteiger partial charge in [0.2, 0.25) is 0 Å². The molecule has 0 aromatic carbocycles. The molecule has 58 valence electrons. The van der Waals surface area contributed by atoms with Crippen LogP contribution in [0.1, 0.15) is 0 Å². The zero-order valence-corrected chi connectivity index (χ0v) is 5.58. The molecule has 0 unspecified atom stereocenters. The summed E-state index contributed by atoms with van der Waals surface area (Å²) in [7, 11) is 0. The SMILES string of the molecule is FC(F)(F)ON1CC=CS1. The molecule has 2 nitrogen and oxygen atoms in total. The molecule has 0 N–H and O–H groups in total. The second kappa shape index (κ2) is 2.81. The normalized spacial score (nSPS) is 20.3. The van der Waals surface area contributed by atoms with Crippen molar-refractivity contribution in [2.75, 3.05) is 6.54 Å². The van der Waals surface area contributed by atoms with Crippen molar-refractivity contribution < 1.29 is 18.0 Å². The van der Waals surface area contributed by atoms with E-state index in [0.717, 1.165) is 16.4 Å². The van der Waals surface area contributed by atoms with Gasteiger partial charge in [0.05, 0.1) is 6.54 Å². The lowest BCUT2D eigenvalue weighted by Gasteiger charge is -2.14. The van der Waals surface area contributed by atoms with E-state index in [4.69, 9.17) is 0 Å². The van der Waals surface area contributed by atoms with Crippen LogP contribution in [0.15, 0.2) is 11.5 Å². The van der Waals surface area contributed by atoms with Crippen molar-refractivity contribution in [2.45, 2.75) is 6.36 Å². The van der Waals surface area contributed by atoms with Crippen molar-refractivity contribution in [3.63, 3.8) is 0 Å². The molecule has 1 aliphatic rings. The Morgan fingerprint density at radius 2 is 2.20 bits per heavy atom. The van der Waals surface area contributed by atoms with Crippen LogP contribution in [0.2, 0.25) is 0 Å². The lowest BCUT2D eigenvalue weighted by atomic mass is 10.7. The minimum absolute atomic E-state index is 0.171. The van der Waals surface area contributed by atoms with Crippen LogP contribution in [0.5, 0.6) is 0 Å². The second-order valence-electron chi connectivity index (χ2n) is 1.53. The second-order valence-corrected chi connectivity index (χ2v) is 2.42. The largest absolute Gasteiger partial charge is 0.539 e. The summed E-state index contributed by atoms with van der Waals surface area (Å²) in [5.74, 6) is 0. The van der Waals surface area contributed by atoms with Gasteiger partial charge in [-0.05, 0) is 17.4 Å². The number of hydrogen-bond donors (Lipinski definition) is 0. The number of alkyl halides is 3. The fourth-order valence-corrected chi connectivity index (χ4v) is 1.06. The molecule has 10 heavy (non-hydrogen) atoms. The minimum atomic E-state index is -4.57. The van der Waals surface area contributed by atoms with Crippen LogP contribution in [0.3, 0.4) is 0 Å². The van der Waals surface area contributed by atoms with Gasteiger partial charge in [0.25, 0.3) is 0 Å². The summed E-state index contributed by atoms with van der Waals surface area (Å²) in [5, 5.41) is 1.53. The first-order valence-corrected chi connectivity index (χ1v) is 3.27. The average Bonchev–Trinajstić information content (AvgIpc) is 2.12. The third-order valence-electron chi connectivity index (χ3n) is 0.734. The Hall–Kier alpha value is -0.200. The number of halogens is 3. The van der Waals surface area contributed by atoms with Crippen LogP contribution in [0, 0.1) is 0 Å². The molecule has 1 rings (SSSR count). The molecule has 0 saturated carbocycles. The van der Waals surface area contributed by atoms with Crippen LogP contribution in [-0.2, 0) is 4.84 Å². The van der Waals surface area contributed by atoms with E-state index in [1.54, 1.807) is 6.08 Å². The summed E-state index contributed by atoms with van der Waals surface area (Å²) in [6, 6.07) is 0. The zero-order valence-electron chi connectivity index (χ0n) is 4.76. The summed E-state index contributed by atoms with van der Waals surface area (Å²) in [4.78, 5) is 3.53. The van der Waals surface area contributed by atoms with Gasteiger partial charge in [-0.25, -0.2) is 0 Å². The predicted molar refractivity (Wildman–Crippen MR) is 30.6 cm³/mol. The Kier molecular flexibility index (Phi) is 2.22. The first kappa shape index (κ1) is 7.90. The molecule has 0 saturated heterocycles. The highest BCUT2D eigenvalue weighted by atomic mass is 32.2. The van der Waals surface area contributed by atoms with Crippen molar-refractivity contribution in [1.29, 1.82) is 0 Å². The average molecular weight is 171 g/mol. The van der Waals surface area contributed by atoms with Crippen LogP contribution in [0.25, 0.3) is 0 Å². The van der Waals surface area contributed by atoms with E-state index in [1.807, 2.05) is 0 Å². The van der Waals surface area contributed by atoms with Crippen LogP contribution < -0.4 is 0 Å². The maximum atomic E-state index is 11.4. The molecular formula is C4H4F3NOS. The van der Waals surface area contributed by atoms with E-state index in [0.29, 0.717) is 0 Å². The third-order valence-corrected chi connectivity index (χ3v) is 1.51. The van der Waals surface area contributed by atoms with Crippen molar-refractivity contribution >= 4 is 11.9 Å². The van der Waals surface area contributed by atoms with E-state index in [-0.39, 0.29) is 6.54 Å². The van der Waals surface area contributed by atoms with Crippen molar-refractivity contribution in [2.24, 2.45) is 0 Å². The fraction of sp³-hybridized carbons (Fsp3) is 0.500. The Balaban J connectivity index is 2.26. The zero-order chi connectivity index (χ0) is 7.61. The standard InChI is InChI=1S/C4H4F3NOS/c5-4(6,7)9-8-2-1-3-10-8/h1,3H,2H2. The predicted octanol–water partition coefficient (Wildman–Crippen LogP) is 1.92. The van der Waals surface area contributed by atoms with Gasteiger partial charge >= 0.3 is 6.36 Å². The van der Waals surface area contributed by atoms with E-state index in [2.05, 4.69) is 4.84 Å². The summed E-state index contributed by atoms with van der Waals surface area (Å²) in [5.41, 5.74) is 0. The molecule has 0 bridgehead atoms. The van der Waals surface area contributed by atoms with Gasteiger partial charge in [-0.15, -0.1) is 17.6 Å². The quantitative estimate of drug-likeness (QED) is 0.559. The van der Waals surface area contributed by atoms with E-state index < -0.39 is 6.36 Å². The van der Waals surface area contributed by atoms with Crippen molar-refractivity contribution in [3.8, 4) is 0 Å². The lowest BCUT2D eigenvalue weighted by Crippen LogP contribution is -2.24. The molecule has 1 heterocycles. The maximum Gasteiger partial charge on any atom is 0.539 e. The van der Waals surface area contributed by atoms with Crippen molar-refractivity contribution in [3.05, 3.63) is 11.5 Å². The molecule has 0 aromatic rings. The minimum Gasteiger partial charge on any atom is -0.189 e. The molecule has 0 aliphatic carbocycles. The van der Waals surface area contributed by atoms with Crippen LogP contribution in [-0.4, -0.2) is 17.4 Å². The smallest absolute Gasteiger partial charge is 0.189 e. The molecule has 0 fully saturated rings. The van der Waals surface area contributed by atoms with Gasteiger partial charge in [0, 0.05) is 0 Å². The highest BCUT2D eigenvalue weighted by Gasteiger charge is 2.33. The van der Waals surface area contributed by atoms with Crippen LogP contribution in [0.4, 0.5) is 13.2 Å². The van der Waals surface area contributed by atoms with Crippen molar-refractivity contribution in [1.82, 2.24) is 4.47 Å². The molecule has 0 atom stereocenters. The van der Waals surface area contributed by atoms with Gasteiger partial charge in [0.15, 0.2) is 0 Å². The monoisotopic (exact) mass is 171 g/mol. The number of nitrogens with zero attached hydrogens (tertiary/aromatic N) is 1. The summed E-state index contributed by atoms with van der Waals surface area (Å²) in [6.45, 7) is 0.171. The Morgan fingerprint density at radius 3 is 2.60 bits per heavy atom. The molecule has 0 spiro atoms. The number of hydrogen-bond acceptors (Lipinski definition) is 3. The number of hydroxylamine groups is 1. The Morgan fingerprint density at radius 1 is 1.50 bits per heavy atom. The molecule has 0 amide bonds. The third kappa shape index (κ3) is 2.59. The summed E-state index contributed by atoms with van der Waals surface area (Å²) in [6.07, 6.45) is -2.99. The van der Waals surface area contributed by atoms with Gasteiger partial charge in [0.1, 0.15) is 0 Å². The van der Waals surface area contributed by atoms with Gasteiger partial charge < -0.3 is 0 Å². The van der Waals surface area contributed by atoms with E-state index in [9.17, 15) is 13.2 Å².